The van der Waals surface area contributed by atoms with Gasteiger partial charge in [-0.1, -0.05) is 18.5 Å². The molecule has 0 saturated carbocycles. The molecule has 2 aliphatic heterocycles. The second-order valence-electron chi connectivity index (χ2n) is 14.0. The van der Waals surface area contributed by atoms with Crippen LogP contribution in [-0.4, -0.2) is 78.3 Å². The van der Waals surface area contributed by atoms with Crippen LogP contribution in [0.25, 0.3) is 22.4 Å². The van der Waals surface area contributed by atoms with Gasteiger partial charge in [-0.05, 0) is 83.2 Å². The SMILES string of the molecule is CC(C)(C)OC(=O)N(C(=O)O)c1nccc(-c2nn(C3CCCCO3)c3nc(N4CCC(C)(C(=O)Nc5ccc(F)cc5)CC4)c(CO)nc23)c1Cl. The van der Waals surface area contributed by atoms with Gasteiger partial charge in [-0.3, -0.25) is 4.79 Å². The number of aliphatic hydroxyl groups is 1. The zero-order valence-electron chi connectivity index (χ0n) is 29.2. The summed E-state index contributed by atoms with van der Waals surface area (Å²) in [5.41, 5.74) is 0.0762. The summed E-state index contributed by atoms with van der Waals surface area (Å²) in [6.45, 7) is 7.57. The molecule has 52 heavy (non-hydrogen) atoms. The first-order valence-corrected chi connectivity index (χ1v) is 17.3. The maximum atomic E-state index is 13.4. The van der Waals surface area contributed by atoms with Crippen molar-refractivity contribution < 1.29 is 38.5 Å². The number of carbonyl (C=O) groups excluding carboxylic acids is 2. The van der Waals surface area contributed by atoms with Gasteiger partial charge in [0, 0.05) is 37.1 Å². The maximum Gasteiger partial charge on any atom is 0.425 e. The molecule has 276 valence electrons. The molecule has 2 aliphatic rings. The quantitative estimate of drug-likeness (QED) is 0.186. The van der Waals surface area contributed by atoms with Gasteiger partial charge in [0.05, 0.1) is 17.0 Å². The van der Waals surface area contributed by atoms with Gasteiger partial charge < -0.3 is 29.9 Å². The van der Waals surface area contributed by atoms with Crippen LogP contribution in [0.4, 0.5) is 31.3 Å². The lowest BCUT2D eigenvalue weighted by atomic mass is 9.79. The normalized spacial score (nSPS) is 17.5. The Kier molecular flexibility index (Phi) is 10.3. The van der Waals surface area contributed by atoms with Gasteiger partial charge in [-0.15, -0.1) is 0 Å². The number of piperidine rings is 1. The fraction of sp³-hybridized carbons (Fsp3) is 0.457. The van der Waals surface area contributed by atoms with Crippen molar-refractivity contribution in [3.8, 4) is 11.3 Å². The van der Waals surface area contributed by atoms with Crippen molar-refractivity contribution in [3.63, 3.8) is 0 Å². The van der Waals surface area contributed by atoms with Crippen LogP contribution >= 0.6 is 11.6 Å². The van der Waals surface area contributed by atoms with Crippen LogP contribution in [0.1, 0.15) is 71.7 Å². The molecule has 0 bridgehead atoms. The van der Waals surface area contributed by atoms with E-state index in [1.807, 2.05) is 11.8 Å². The fourth-order valence-electron chi connectivity index (χ4n) is 6.22. The predicted molar refractivity (Wildman–Crippen MR) is 190 cm³/mol. The molecule has 2 saturated heterocycles. The molecule has 1 aromatic carbocycles. The molecule has 1 unspecified atom stereocenters. The summed E-state index contributed by atoms with van der Waals surface area (Å²) in [4.78, 5) is 54.8. The van der Waals surface area contributed by atoms with E-state index < -0.39 is 41.9 Å². The number of imide groups is 1. The van der Waals surface area contributed by atoms with E-state index in [0.717, 1.165) is 12.8 Å². The third kappa shape index (κ3) is 7.49. The van der Waals surface area contributed by atoms with E-state index in [4.69, 9.17) is 36.1 Å². The van der Waals surface area contributed by atoms with E-state index in [2.05, 4.69) is 10.3 Å². The Morgan fingerprint density at radius 1 is 1.13 bits per heavy atom. The van der Waals surface area contributed by atoms with Crippen LogP contribution in [0.2, 0.25) is 5.02 Å². The van der Waals surface area contributed by atoms with Crippen molar-refractivity contribution >= 4 is 58.2 Å². The van der Waals surface area contributed by atoms with Gasteiger partial charge >= 0.3 is 12.2 Å². The number of anilines is 3. The molecule has 17 heteroatoms. The molecule has 0 radical (unpaired) electrons. The number of amides is 3. The van der Waals surface area contributed by atoms with E-state index in [9.17, 15) is 29.0 Å². The molecule has 15 nitrogen and oxygen atoms in total. The number of nitrogens with zero attached hydrogens (tertiary/aromatic N) is 7. The highest BCUT2D eigenvalue weighted by Crippen LogP contribution is 2.40. The molecule has 6 rings (SSSR count). The predicted octanol–water partition coefficient (Wildman–Crippen LogP) is 6.54. The third-order valence-corrected chi connectivity index (χ3v) is 9.45. The summed E-state index contributed by atoms with van der Waals surface area (Å²) < 4.78 is 26.4. The number of nitrogens with one attached hydrogen (secondary N) is 1. The number of pyridine rings is 1. The molecule has 2 fully saturated rings. The smallest absolute Gasteiger partial charge is 0.425 e. The fourth-order valence-corrected chi connectivity index (χ4v) is 6.51. The highest BCUT2D eigenvalue weighted by molar-refractivity contribution is 6.37. The topological polar surface area (TPSA) is 185 Å². The van der Waals surface area contributed by atoms with Crippen molar-refractivity contribution in [1.82, 2.24) is 24.7 Å². The van der Waals surface area contributed by atoms with Crippen LogP contribution in [0.3, 0.4) is 0 Å². The number of carbonyl (C=O) groups is 3. The Labute approximate surface area is 303 Å². The van der Waals surface area contributed by atoms with Gasteiger partial charge in [-0.2, -0.15) is 10.00 Å². The lowest BCUT2D eigenvalue weighted by Gasteiger charge is -2.39. The zero-order valence-corrected chi connectivity index (χ0v) is 30.0. The van der Waals surface area contributed by atoms with E-state index in [-0.39, 0.29) is 39.2 Å². The second-order valence-corrected chi connectivity index (χ2v) is 14.4. The number of hydrogen-bond donors (Lipinski definition) is 3. The molecule has 5 heterocycles. The minimum absolute atomic E-state index is 0.179. The molecule has 3 amide bonds. The highest BCUT2D eigenvalue weighted by Gasteiger charge is 2.39. The van der Waals surface area contributed by atoms with Crippen LogP contribution in [0.15, 0.2) is 36.5 Å². The number of carboxylic acid groups (broad SMARTS) is 1. The molecule has 4 aromatic rings. The number of benzene rings is 1. The van der Waals surface area contributed by atoms with Crippen LogP contribution in [-0.2, 0) is 20.9 Å². The van der Waals surface area contributed by atoms with E-state index in [1.165, 1.54) is 36.5 Å². The van der Waals surface area contributed by atoms with Crippen molar-refractivity contribution in [2.75, 3.05) is 34.8 Å². The zero-order chi connectivity index (χ0) is 37.4. The number of fused-ring (bicyclic) bond motifs is 1. The van der Waals surface area contributed by atoms with Gasteiger partial charge in [0.2, 0.25) is 5.91 Å². The molecular weight excluding hydrogens is 699 g/mol. The monoisotopic (exact) mass is 738 g/mol. The number of aliphatic hydroxyl groups excluding tert-OH is 1. The average molecular weight is 739 g/mol. The molecule has 0 aliphatic carbocycles. The summed E-state index contributed by atoms with van der Waals surface area (Å²) in [5.74, 6) is -0.538. The largest absolute Gasteiger partial charge is 0.464 e. The Morgan fingerprint density at radius 2 is 1.85 bits per heavy atom. The Morgan fingerprint density at radius 3 is 2.46 bits per heavy atom. The first-order valence-electron chi connectivity index (χ1n) is 16.9. The summed E-state index contributed by atoms with van der Waals surface area (Å²) in [5, 5.41) is 28.1. The van der Waals surface area contributed by atoms with Gasteiger partial charge in [0.25, 0.3) is 0 Å². The van der Waals surface area contributed by atoms with Crippen molar-refractivity contribution in [3.05, 3.63) is 53.1 Å². The van der Waals surface area contributed by atoms with Crippen molar-refractivity contribution in [2.24, 2.45) is 5.41 Å². The number of ether oxygens (including phenoxy) is 2. The number of halogens is 2. The standard InChI is InChI=1S/C35H40ClFN8O7/c1-34(2,3)52-33(50)44(32(48)49)29-25(36)22(12-15-38-29)26-27-30(45(42-26)24-7-5-6-18-51-24)41-28(23(19-46)40-27)43-16-13-35(4,14-17-43)31(47)39-21-10-8-20(37)9-11-21/h8-12,15,24,46H,5-7,13-14,16-19H2,1-4H3,(H,39,47)(H,48,49). The molecule has 3 N–H and O–H groups in total. The summed E-state index contributed by atoms with van der Waals surface area (Å²) in [6, 6.07) is 7.12. The maximum absolute atomic E-state index is 13.4. The number of aromatic nitrogens is 5. The van der Waals surface area contributed by atoms with Crippen LogP contribution in [0, 0.1) is 11.2 Å². The van der Waals surface area contributed by atoms with Crippen molar-refractivity contribution in [2.45, 2.75) is 78.2 Å². The number of rotatable bonds is 7. The Balaban J connectivity index is 1.37. The van der Waals surface area contributed by atoms with Gasteiger partial charge in [0.1, 0.15) is 28.3 Å². The molecule has 0 spiro atoms. The van der Waals surface area contributed by atoms with E-state index >= 15 is 0 Å². The molecular formula is C35H40ClFN8O7. The first kappa shape index (κ1) is 36.8. The van der Waals surface area contributed by atoms with Gasteiger partial charge in [0.15, 0.2) is 23.5 Å². The first-order chi connectivity index (χ1) is 24.7. The second kappa shape index (κ2) is 14.6. The lowest BCUT2D eigenvalue weighted by molar-refractivity contribution is -0.125. The van der Waals surface area contributed by atoms with Crippen LogP contribution < -0.4 is 15.1 Å². The summed E-state index contributed by atoms with van der Waals surface area (Å²) in [7, 11) is 0. The third-order valence-electron chi connectivity index (χ3n) is 9.08. The van der Waals surface area contributed by atoms with Gasteiger partial charge in [-0.25, -0.2) is 33.6 Å². The lowest BCUT2D eigenvalue weighted by Crippen LogP contribution is -2.45. The van der Waals surface area contributed by atoms with E-state index in [0.29, 0.717) is 61.0 Å². The summed E-state index contributed by atoms with van der Waals surface area (Å²) >= 11 is 6.82. The average Bonchev–Trinajstić information content (AvgIpc) is 3.47. The molecule has 3 aromatic heterocycles. The van der Waals surface area contributed by atoms with Crippen LogP contribution in [0.5, 0.6) is 0 Å². The Bertz CT molecular complexity index is 1990. The minimum Gasteiger partial charge on any atom is -0.464 e. The highest BCUT2D eigenvalue weighted by atomic mass is 35.5. The number of hydrogen-bond acceptors (Lipinski definition) is 11. The molecule has 1 atom stereocenters. The van der Waals surface area contributed by atoms with E-state index in [1.54, 1.807) is 25.5 Å². The minimum atomic E-state index is -1.65. The van der Waals surface area contributed by atoms with Crippen molar-refractivity contribution in [1.29, 1.82) is 0 Å². The summed E-state index contributed by atoms with van der Waals surface area (Å²) in [6.07, 6.45) is 1.30. The Hall–Kier alpha value is -4.93.